The fourth-order valence-electron chi connectivity index (χ4n) is 2.42. The van der Waals surface area contributed by atoms with Gasteiger partial charge in [-0.1, -0.05) is 19.8 Å². The van der Waals surface area contributed by atoms with Gasteiger partial charge in [0.2, 0.25) is 0 Å². The summed E-state index contributed by atoms with van der Waals surface area (Å²) in [6.45, 7) is 3.68. The number of carbonyl (C=O) groups is 1. The van der Waals surface area contributed by atoms with Crippen molar-refractivity contribution in [1.29, 1.82) is 0 Å². The van der Waals surface area contributed by atoms with Crippen molar-refractivity contribution >= 4 is 11.9 Å². The van der Waals surface area contributed by atoms with Crippen molar-refractivity contribution in [2.75, 3.05) is 11.9 Å². The average Bonchev–Trinajstić information content (AvgIpc) is 2.82. The summed E-state index contributed by atoms with van der Waals surface area (Å²) in [5.74, 6) is -1.59. The molecule has 0 saturated carbocycles. The fraction of sp³-hybridized carbons (Fsp3) is 0.667. The molecule has 148 valence electrons. The van der Waals surface area contributed by atoms with E-state index in [4.69, 9.17) is 9.47 Å². The van der Waals surface area contributed by atoms with E-state index in [0.717, 1.165) is 23.6 Å². The number of nitrogens with one attached hydrogen (secondary N) is 1. The van der Waals surface area contributed by atoms with Gasteiger partial charge in [0.15, 0.2) is 17.9 Å². The van der Waals surface area contributed by atoms with Crippen LogP contribution in [0.2, 0.25) is 0 Å². The molecule has 0 bridgehead atoms. The second-order valence-corrected chi connectivity index (χ2v) is 5.81. The van der Waals surface area contributed by atoms with E-state index in [1.54, 1.807) is 0 Å². The lowest BCUT2D eigenvalue weighted by Crippen LogP contribution is -2.36. The summed E-state index contributed by atoms with van der Waals surface area (Å²) in [5.41, 5.74) is -0.951. The molecule has 1 aromatic rings. The number of carbonyl (C=O) groups excluding carboxylic acids is 1. The monoisotopic (exact) mass is 377 g/mol. The summed E-state index contributed by atoms with van der Waals surface area (Å²) < 4.78 is 24.9. The standard InChI is InChI=1S/C15H22FN3O6.H2O/c1-3-4-5-6-24-15(23)18-12-9(16)7-19(14(22)17-12)13-11(21)10(20)8(2)25-13;/h7-8,10-11,13,20-21H,3-6H2,1-2H3,(H,17,18,22,23);1H2/t8-,10-,11-,13-;/m1./s1. The van der Waals surface area contributed by atoms with E-state index < -0.39 is 48.0 Å². The zero-order valence-electron chi connectivity index (χ0n) is 14.5. The van der Waals surface area contributed by atoms with Crippen LogP contribution in [0.5, 0.6) is 0 Å². The number of anilines is 1. The van der Waals surface area contributed by atoms with Gasteiger partial charge in [-0.3, -0.25) is 9.88 Å². The minimum Gasteiger partial charge on any atom is -0.449 e. The first-order valence-corrected chi connectivity index (χ1v) is 8.09. The van der Waals surface area contributed by atoms with Crippen LogP contribution in [-0.4, -0.2) is 56.3 Å². The van der Waals surface area contributed by atoms with Gasteiger partial charge in [-0.15, -0.1) is 0 Å². The van der Waals surface area contributed by atoms with Crippen molar-refractivity contribution in [3.8, 4) is 0 Å². The molecule has 0 radical (unpaired) electrons. The van der Waals surface area contributed by atoms with E-state index >= 15 is 0 Å². The first kappa shape index (κ1) is 22.0. The van der Waals surface area contributed by atoms with Crippen LogP contribution in [0, 0.1) is 5.82 Å². The number of unbranched alkanes of at least 4 members (excludes halogenated alkanes) is 2. The van der Waals surface area contributed by atoms with E-state index in [1.165, 1.54) is 6.92 Å². The highest BCUT2D eigenvalue weighted by Crippen LogP contribution is 2.28. The summed E-state index contributed by atoms with van der Waals surface area (Å²) in [6.07, 6.45) is -2.25. The molecule has 1 saturated heterocycles. The molecule has 2 rings (SSSR count). The minimum absolute atomic E-state index is 0. The number of ether oxygens (including phenoxy) is 2. The van der Waals surface area contributed by atoms with Gasteiger partial charge < -0.3 is 25.2 Å². The molecule has 1 aliphatic heterocycles. The summed E-state index contributed by atoms with van der Waals surface area (Å²) in [4.78, 5) is 27.0. The highest BCUT2D eigenvalue weighted by molar-refractivity contribution is 5.83. The Morgan fingerprint density at radius 2 is 2.12 bits per heavy atom. The Bertz CT molecular complexity index is 669. The molecule has 1 fully saturated rings. The lowest BCUT2D eigenvalue weighted by Gasteiger charge is -2.17. The molecule has 1 aromatic heterocycles. The molecule has 0 spiro atoms. The smallest absolute Gasteiger partial charge is 0.412 e. The normalized spacial score (nSPS) is 24.8. The summed E-state index contributed by atoms with van der Waals surface area (Å²) >= 11 is 0. The maximum Gasteiger partial charge on any atom is 0.412 e. The third-order valence-electron chi connectivity index (χ3n) is 3.86. The Labute approximate surface area is 148 Å². The minimum atomic E-state index is -1.41. The van der Waals surface area contributed by atoms with Crippen molar-refractivity contribution in [3.63, 3.8) is 0 Å². The van der Waals surface area contributed by atoms with Gasteiger partial charge >= 0.3 is 11.8 Å². The number of aliphatic hydroxyl groups excluding tert-OH is 2. The molecule has 1 aliphatic rings. The molecule has 11 heteroatoms. The number of amides is 1. The average molecular weight is 377 g/mol. The number of aliphatic hydroxyl groups is 2. The molecule has 0 aliphatic carbocycles. The highest BCUT2D eigenvalue weighted by Gasteiger charge is 2.42. The topological polar surface area (TPSA) is 154 Å². The number of nitrogens with zero attached hydrogens (tertiary/aromatic N) is 2. The van der Waals surface area contributed by atoms with Gasteiger partial charge in [-0.05, 0) is 13.3 Å². The van der Waals surface area contributed by atoms with Crippen LogP contribution < -0.4 is 11.0 Å². The van der Waals surface area contributed by atoms with E-state index in [9.17, 15) is 24.2 Å². The van der Waals surface area contributed by atoms with Crippen LogP contribution >= 0.6 is 0 Å². The van der Waals surface area contributed by atoms with Crippen molar-refractivity contribution < 1.29 is 34.3 Å². The Morgan fingerprint density at radius 3 is 2.69 bits per heavy atom. The zero-order chi connectivity index (χ0) is 18.6. The number of hydrogen-bond donors (Lipinski definition) is 3. The SMILES string of the molecule is CCCCCOC(=O)Nc1nc(=O)n([C@@H]2O[C@H](C)[C@@H](O)[C@H]2O)cc1F.O. The Kier molecular flexibility index (Phi) is 8.08. The number of aromatic nitrogens is 2. The third-order valence-corrected chi connectivity index (χ3v) is 3.86. The maximum absolute atomic E-state index is 14.1. The molecule has 10 nitrogen and oxygen atoms in total. The summed E-state index contributed by atoms with van der Waals surface area (Å²) in [7, 11) is 0. The highest BCUT2D eigenvalue weighted by atomic mass is 19.1. The van der Waals surface area contributed by atoms with Crippen LogP contribution in [0.15, 0.2) is 11.0 Å². The van der Waals surface area contributed by atoms with Gasteiger partial charge in [0, 0.05) is 0 Å². The first-order valence-electron chi connectivity index (χ1n) is 8.09. The van der Waals surface area contributed by atoms with Crippen molar-refractivity contribution in [2.24, 2.45) is 0 Å². The second-order valence-electron chi connectivity index (χ2n) is 5.81. The molecular formula is C15H24FN3O7. The third kappa shape index (κ3) is 4.97. The first-order chi connectivity index (χ1) is 11.8. The van der Waals surface area contributed by atoms with Crippen LogP contribution in [0.4, 0.5) is 15.0 Å². The van der Waals surface area contributed by atoms with Crippen LogP contribution in [0.25, 0.3) is 0 Å². The predicted molar refractivity (Wildman–Crippen MR) is 88.2 cm³/mol. The summed E-state index contributed by atoms with van der Waals surface area (Å²) in [6, 6.07) is 0. The molecule has 4 atom stereocenters. The van der Waals surface area contributed by atoms with E-state index in [0.29, 0.717) is 6.42 Å². The van der Waals surface area contributed by atoms with E-state index in [2.05, 4.69) is 10.3 Å². The van der Waals surface area contributed by atoms with Crippen molar-refractivity contribution in [1.82, 2.24) is 9.55 Å². The van der Waals surface area contributed by atoms with Gasteiger partial charge in [0.1, 0.15) is 12.2 Å². The van der Waals surface area contributed by atoms with Gasteiger partial charge in [0.25, 0.3) is 0 Å². The van der Waals surface area contributed by atoms with Crippen molar-refractivity contribution in [2.45, 2.75) is 57.6 Å². The lowest BCUT2D eigenvalue weighted by molar-refractivity contribution is -0.0355. The number of hydrogen-bond acceptors (Lipinski definition) is 7. The maximum atomic E-state index is 14.1. The second kappa shape index (κ2) is 9.57. The molecule has 0 aromatic carbocycles. The van der Waals surface area contributed by atoms with Crippen LogP contribution in [-0.2, 0) is 9.47 Å². The molecule has 1 amide bonds. The Morgan fingerprint density at radius 1 is 1.42 bits per heavy atom. The number of halogens is 1. The largest absolute Gasteiger partial charge is 0.449 e. The Balaban J connectivity index is 0.00000338. The lowest BCUT2D eigenvalue weighted by atomic mass is 10.1. The van der Waals surface area contributed by atoms with Gasteiger partial charge in [-0.25, -0.2) is 14.0 Å². The summed E-state index contributed by atoms with van der Waals surface area (Å²) in [5, 5.41) is 21.6. The van der Waals surface area contributed by atoms with E-state index in [1.807, 2.05) is 6.92 Å². The quantitative estimate of drug-likeness (QED) is 0.586. The van der Waals surface area contributed by atoms with Gasteiger partial charge in [-0.2, -0.15) is 4.98 Å². The van der Waals surface area contributed by atoms with Gasteiger partial charge in [0.05, 0.1) is 18.9 Å². The fourth-order valence-corrected chi connectivity index (χ4v) is 2.42. The molecule has 26 heavy (non-hydrogen) atoms. The number of rotatable bonds is 6. The molecular weight excluding hydrogens is 353 g/mol. The Hall–Kier alpha value is -2.08. The zero-order valence-corrected chi connectivity index (χ0v) is 14.5. The molecule has 2 heterocycles. The molecule has 0 unspecified atom stereocenters. The predicted octanol–water partition coefficient (Wildman–Crippen LogP) is -0.0645. The van der Waals surface area contributed by atoms with Crippen LogP contribution in [0.3, 0.4) is 0 Å². The van der Waals surface area contributed by atoms with E-state index in [-0.39, 0.29) is 12.1 Å². The molecule has 5 N–H and O–H groups in total. The van der Waals surface area contributed by atoms with Crippen LogP contribution in [0.1, 0.15) is 39.3 Å². The van der Waals surface area contributed by atoms with Crippen molar-refractivity contribution in [3.05, 3.63) is 22.5 Å².